The average Bonchev–Trinajstić information content (AvgIpc) is 3.02. The maximum atomic E-state index is 13.3. The van der Waals surface area contributed by atoms with Crippen molar-refractivity contribution in [2.45, 2.75) is 64.6 Å². The second kappa shape index (κ2) is 8.23. The van der Waals surface area contributed by atoms with Gasteiger partial charge in [0.25, 0.3) is 0 Å². The number of carboxylic acids is 1. The molecule has 0 spiro atoms. The SMILES string of the molecule is CC[C@H](C)[C@H](NC(C)=O)C(=O)N[C@H]1CCc2cccc3c2N(C1=O)[C@H](C(=O)O)C3. The number of carbonyl (C=O) groups excluding carboxylic acids is 3. The van der Waals surface area contributed by atoms with Crippen LogP contribution in [-0.4, -0.2) is 46.9 Å². The fourth-order valence-electron chi connectivity index (χ4n) is 4.14. The summed E-state index contributed by atoms with van der Waals surface area (Å²) in [6.45, 7) is 5.13. The Labute approximate surface area is 169 Å². The van der Waals surface area contributed by atoms with Crippen molar-refractivity contribution in [1.82, 2.24) is 10.6 Å². The summed E-state index contributed by atoms with van der Waals surface area (Å²) in [6.07, 6.45) is 1.86. The molecule has 0 fully saturated rings. The predicted octanol–water partition coefficient (Wildman–Crippen LogP) is 1.01. The molecule has 3 rings (SSSR count). The molecule has 8 heteroatoms. The normalized spacial score (nSPS) is 22.3. The first-order valence-electron chi connectivity index (χ1n) is 9.98. The van der Waals surface area contributed by atoms with E-state index < -0.39 is 35.9 Å². The number of carboxylic acid groups (broad SMARTS) is 1. The highest BCUT2D eigenvalue weighted by molar-refractivity contribution is 6.07. The molecular formula is C21H27N3O5. The molecule has 3 N–H and O–H groups in total. The van der Waals surface area contributed by atoms with Gasteiger partial charge in [0, 0.05) is 13.3 Å². The molecule has 156 valence electrons. The second-order valence-corrected chi connectivity index (χ2v) is 7.85. The molecule has 29 heavy (non-hydrogen) atoms. The lowest BCUT2D eigenvalue weighted by atomic mass is 9.97. The summed E-state index contributed by atoms with van der Waals surface area (Å²) in [5, 5.41) is 15.1. The maximum Gasteiger partial charge on any atom is 0.327 e. The van der Waals surface area contributed by atoms with Crippen LogP contribution >= 0.6 is 0 Å². The van der Waals surface area contributed by atoms with E-state index in [2.05, 4.69) is 10.6 Å². The number of aryl methyl sites for hydroxylation is 1. The quantitative estimate of drug-likeness (QED) is 0.658. The van der Waals surface area contributed by atoms with E-state index in [-0.39, 0.29) is 18.2 Å². The zero-order chi connectivity index (χ0) is 21.3. The Morgan fingerprint density at radius 3 is 2.59 bits per heavy atom. The summed E-state index contributed by atoms with van der Waals surface area (Å²) in [7, 11) is 0. The topological polar surface area (TPSA) is 116 Å². The Hall–Kier alpha value is -2.90. The number of anilines is 1. The van der Waals surface area contributed by atoms with Gasteiger partial charge in [-0.05, 0) is 29.9 Å². The van der Waals surface area contributed by atoms with Crippen molar-refractivity contribution in [3.05, 3.63) is 29.3 Å². The van der Waals surface area contributed by atoms with Crippen molar-refractivity contribution < 1.29 is 24.3 Å². The van der Waals surface area contributed by atoms with Crippen molar-refractivity contribution >= 4 is 29.4 Å². The van der Waals surface area contributed by atoms with Crippen molar-refractivity contribution in [3.8, 4) is 0 Å². The Morgan fingerprint density at radius 1 is 1.28 bits per heavy atom. The summed E-state index contributed by atoms with van der Waals surface area (Å²) in [5.74, 6) is -2.34. The molecule has 8 nitrogen and oxygen atoms in total. The van der Waals surface area contributed by atoms with Crippen LogP contribution in [0.5, 0.6) is 0 Å². The molecule has 1 aromatic carbocycles. The van der Waals surface area contributed by atoms with Crippen molar-refractivity contribution in [1.29, 1.82) is 0 Å². The lowest BCUT2D eigenvalue weighted by molar-refractivity contribution is -0.140. The third kappa shape index (κ3) is 3.97. The Kier molecular flexibility index (Phi) is 5.91. The van der Waals surface area contributed by atoms with E-state index in [1.54, 1.807) is 0 Å². The van der Waals surface area contributed by atoms with Crippen LogP contribution in [0.2, 0.25) is 0 Å². The molecule has 2 aliphatic heterocycles. The van der Waals surface area contributed by atoms with Crippen LogP contribution in [0, 0.1) is 5.92 Å². The zero-order valence-corrected chi connectivity index (χ0v) is 16.9. The lowest BCUT2D eigenvalue weighted by Gasteiger charge is -2.28. The molecule has 0 radical (unpaired) electrons. The standard InChI is InChI=1S/C21H27N3O5/c1-4-11(2)17(22-12(3)25)19(26)23-15-9-8-13-6-5-7-14-10-16(21(28)29)24(18(13)14)20(15)27/h5-7,11,15-17H,4,8-10H2,1-3H3,(H,22,25)(H,23,26)(H,28,29)/t11-,15-,16-,17-/m0/s1. The van der Waals surface area contributed by atoms with Crippen LogP contribution in [0.3, 0.4) is 0 Å². The van der Waals surface area contributed by atoms with Crippen LogP contribution in [0.15, 0.2) is 18.2 Å². The number of benzene rings is 1. The Balaban J connectivity index is 1.87. The highest BCUT2D eigenvalue weighted by Gasteiger charge is 2.44. The number of hydrogen-bond donors (Lipinski definition) is 3. The minimum Gasteiger partial charge on any atom is -0.480 e. The summed E-state index contributed by atoms with van der Waals surface area (Å²) in [4.78, 5) is 50.8. The molecule has 0 aliphatic carbocycles. The summed E-state index contributed by atoms with van der Waals surface area (Å²) >= 11 is 0. The third-order valence-electron chi connectivity index (χ3n) is 5.86. The van der Waals surface area contributed by atoms with E-state index in [1.807, 2.05) is 32.0 Å². The van der Waals surface area contributed by atoms with Crippen molar-refractivity contribution in [2.75, 3.05) is 4.90 Å². The van der Waals surface area contributed by atoms with E-state index in [0.717, 1.165) is 11.1 Å². The number of nitrogens with one attached hydrogen (secondary N) is 2. The number of rotatable bonds is 6. The minimum absolute atomic E-state index is 0.109. The lowest BCUT2D eigenvalue weighted by Crippen LogP contribution is -2.57. The van der Waals surface area contributed by atoms with Gasteiger partial charge in [-0.2, -0.15) is 0 Å². The minimum atomic E-state index is -1.07. The van der Waals surface area contributed by atoms with Gasteiger partial charge in [-0.1, -0.05) is 38.5 Å². The van der Waals surface area contributed by atoms with E-state index >= 15 is 0 Å². The highest BCUT2D eigenvalue weighted by atomic mass is 16.4. The number of hydrogen-bond acceptors (Lipinski definition) is 4. The van der Waals surface area contributed by atoms with Gasteiger partial charge >= 0.3 is 5.97 Å². The van der Waals surface area contributed by atoms with Crippen LogP contribution in [0.25, 0.3) is 0 Å². The summed E-state index contributed by atoms with van der Waals surface area (Å²) in [5.41, 5.74) is 2.42. The smallest absolute Gasteiger partial charge is 0.327 e. The van der Waals surface area contributed by atoms with Gasteiger partial charge in [-0.3, -0.25) is 19.3 Å². The molecule has 4 atom stereocenters. The molecule has 2 aliphatic rings. The molecular weight excluding hydrogens is 374 g/mol. The maximum absolute atomic E-state index is 13.3. The average molecular weight is 401 g/mol. The van der Waals surface area contributed by atoms with E-state index in [0.29, 0.717) is 24.9 Å². The zero-order valence-electron chi connectivity index (χ0n) is 16.9. The van der Waals surface area contributed by atoms with Crippen LogP contribution in [-0.2, 0) is 32.0 Å². The molecule has 0 aromatic heterocycles. The Bertz CT molecular complexity index is 853. The monoisotopic (exact) mass is 401 g/mol. The second-order valence-electron chi connectivity index (χ2n) is 7.85. The van der Waals surface area contributed by atoms with Gasteiger partial charge in [0.15, 0.2) is 0 Å². The van der Waals surface area contributed by atoms with Crippen LogP contribution in [0.1, 0.15) is 44.7 Å². The molecule has 3 amide bonds. The van der Waals surface area contributed by atoms with Gasteiger partial charge < -0.3 is 15.7 Å². The molecule has 0 unspecified atom stereocenters. The van der Waals surface area contributed by atoms with Gasteiger partial charge in [0.1, 0.15) is 18.1 Å². The summed E-state index contributed by atoms with van der Waals surface area (Å²) in [6, 6.07) is 3.04. The third-order valence-corrected chi connectivity index (χ3v) is 5.86. The molecule has 0 bridgehead atoms. The van der Waals surface area contributed by atoms with Gasteiger partial charge in [-0.25, -0.2) is 4.79 Å². The first-order valence-corrected chi connectivity index (χ1v) is 9.98. The van der Waals surface area contributed by atoms with Gasteiger partial charge in [0.2, 0.25) is 17.7 Å². The van der Waals surface area contributed by atoms with E-state index in [4.69, 9.17) is 0 Å². The van der Waals surface area contributed by atoms with Gasteiger partial charge in [0.05, 0.1) is 5.69 Å². The van der Waals surface area contributed by atoms with E-state index in [1.165, 1.54) is 11.8 Å². The first-order chi connectivity index (χ1) is 13.7. The number of carbonyl (C=O) groups is 4. The largest absolute Gasteiger partial charge is 0.480 e. The predicted molar refractivity (Wildman–Crippen MR) is 106 cm³/mol. The van der Waals surface area contributed by atoms with Crippen LogP contribution < -0.4 is 15.5 Å². The summed E-state index contributed by atoms with van der Waals surface area (Å²) < 4.78 is 0. The van der Waals surface area contributed by atoms with Crippen LogP contribution in [0.4, 0.5) is 5.69 Å². The fraction of sp³-hybridized carbons (Fsp3) is 0.524. The number of amides is 3. The van der Waals surface area contributed by atoms with Crippen molar-refractivity contribution in [2.24, 2.45) is 5.92 Å². The van der Waals surface area contributed by atoms with E-state index in [9.17, 15) is 24.3 Å². The molecule has 1 aromatic rings. The number of aliphatic carboxylic acids is 1. The molecule has 0 saturated carbocycles. The molecule has 0 saturated heterocycles. The number of para-hydroxylation sites is 1. The van der Waals surface area contributed by atoms with Crippen molar-refractivity contribution in [3.63, 3.8) is 0 Å². The molecule has 2 heterocycles. The fourth-order valence-corrected chi connectivity index (χ4v) is 4.14. The Morgan fingerprint density at radius 2 is 1.97 bits per heavy atom. The van der Waals surface area contributed by atoms with Gasteiger partial charge in [-0.15, -0.1) is 0 Å². The highest BCUT2D eigenvalue weighted by Crippen LogP contribution is 2.39. The number of nitrogens with zero attached hydrogens (tertiary/aromatic N) is 1. The first kappa shape index (κ1) is 20.8.